The van der Waals surface area contributed by atoms with Crippen LogP contribution in [0.15, 0.2) is 53.9 Å². The van der Waals surface area contributed by atoms with Gasteiger partial charge in [0.2, 0.25) is 0 Å². The van der Waals surface area contributed by atoms with E-state index in [1.807, 2.05) is 6.92 Å². The van der Waals surface area contributed by atoms with Gasteiger partial charge in [-0.2, -0.15) is 0 Å². The molecule has 0 aliphatic rings. The Hall–Kier alpha value is -3.14. The lowest BCUT2D eigenvalue weighted by molar-refractivity contribution is 0.101. The molecule has 0 saturated carbocycles. The molecule has 0 aliphatic heterocycles. The molecule has 0 fully saturated rings. The maximum Gasteiger partial charge on any atom is 0.258 e. The molecule has 0 saturated heterocycles. The van der Waals surface area contributed by atoms with Crippen LogP contribution in [0, 0.1) is 12.7 Å². The van der Waals surface area contributed by atoms with Crippen molar-refractivity contribution in [2.24, 2.45) is 0 Å². The van der Waals surface area contributed by atoms with Crippen molar-refractivity contribution in [1.29, 1.82) is 0 Å². The van der Waals surface area contributed by atoms with Gasteiger partial charge in [0.05, 0.1) is 26.9 Å². The predicted octanol–water partition coefficient (Wildman–Crippen LogP) is 5.87. The number of carbonyl (C=O) groups excluding carboxylic acids is 2. The van der Waals surface area contributed by atoms with Gasteiger partial charge in [0.15, 0.2) is 10.3 Å². The van der Waals surface area contributed by atoms with Crippen molar-refractivity contribution >= 4 is 56.4 Å². The zero-order chi connectivity index (χ0) is 22.0. The smallest absolute Gasteiger partial charge is 0.258 e. The number of carbonyl (C=O) groups is 2. The molecule has 4 rings (SSSR count). The molecule has 2 N–H and O–H groups in total. The van der Waals surface area contributed by atoms with Crippen LogP contribution in [0.1, 0.15) is 26.4 Å². The van der Waals surface area contributed by atoms with Crippen LogP contribution in [0.2, 0.25) is 5.02 Å². The van der Waals surface area contributed by atoms with E-state index in [1.54, 1.807) is 29.6 Å². The Kier molecular flexibility index (Phi) is 6.08. The summed E-state index contributed by atoms with van der Waals surface area (Å²) in [7, 11) is 0. The van der Waals surface area contributed by atoms with Gasteiger partial charge in [-0.15, -0.1) is 11.3 Å². The number of hydrogen-bond donors (Lipinski definition) is 2. The summed E-state index contributed by atoms with van der Waals surface area (Å²) in [6.07, 6.45) is 0. The van der Waals surface area contributed by atoms with E-state index in [-0.39, 0.29) is 11.8 Å². The maximum absolute atomic E-state index is 13.0. The van der Waals surface area contributed by atoms with Crippen molar-refractivity contribution in [3.8, 4) is 10.6 Å². The van der Waals surface area contributed by atoms with Crippen LogP contribution < -0.4 is 10.6 Å². The first-order valence-electron chi connectivity index (χ1n) is 8.97. The van der Waals surface area contributed by atoms with E-state index >= 15 is 0 Å². The fraction of sp³-hybridized carbons (Fsp3) is 0.0476. The Morgan fingerprint density at radius 2 is 1.68 bits per heavy atom. The van der Waals surface area contributed by atoms with Crippen molar-refractivity contribution in [3.63, 3.8) is 0 Å². The molecule has 0 spiro atoms. The van der Waals surface area contributed by atoms with Crippen LogP contribution in [0.25, 0.3) is 10.6 Å². The van der Waals surface area contributed by atoms with E-state index in [0.29, 0.717) is 37.8 Å². The first-order valence-corrected chi connectivity index (χ1v) is 11.0. The molecule has 2 aromatic carbocycles. The van der Waals surface area contributed by atoms with Gasteiger partial charge in [-0.3, -0.25) is 20.2 Å². The summed E-state index contributed by atoms with van der Waals surface area (Å²) in [5, 5.41) is 8.42. The van der Waals surface area contributed by atoms with Gasteiger partial charge >= 0.3 is 0 Å². The largest absolute Gasteiger partial charge is 0.298 e. The number of aryl methyl sites for hydroxylation is 1. The Labute approximate surface area is 189 Å². The van der Waals surface area contributed by atoms with E-state index in [4.69, 9.17) is 11.6 Å². The Morgan fingerprint density at radius 1 is 0.968 bits per heavy atom. The van der Waals surface area contributed by atoms with E-state index in [9.17, 15) is 14.0 Å². The lowest BCUT2D eigenvalue weighted by atomic mass is 10.2. The van der Waals surface area contributed by atoms with Gasteiger partial charge in [-0.05, 0) is 43.3 Å². The number of anilines is 2. The van der Waals surface area contributed by atoms with Gasteiger partial charge in [-0.1, -0.05) is 35.1 Å². The highest BCUT2D eigenvalue weighted by Crippen LogP contribution is 2.35. The van der Waals surface area contributed by atoms with Crippen LogP contribution in [0.4, 0.5) is 14.7 Å². The molecule has 10 heteroatoms. The molecular formula is C21H14ClFN4O2S2. The summed E-state index contributed by atoms with van der Waals surface area (Å²) >= 11 is 8.61. The molecule has 0 atom stereocenters. The van der Waals surface area contributed by atoms with E-state index < -0.39 is 5.82 Å². The summed E-state index contributed by atoms with van der Waals surface area (Å²) in [6, 6.07) is 12.0. The molecular weight excluding hydrogens is 459 g/mol. The third-order valence-electron chi connectivity index (χ3n) is 4.20. The number of aromatic nitrogens is 2. The maximum atomic E-state index is 13.0. The average Bonchev–Trinajstić information content (AvgIpc) is 3.34. The highest BCUT2D eigenvalue weighted by Gasteiger charge is 2.17. The first kappa shape index (κ1) is 21.1. The minimum atomic E-state index is -0.411. The summed E-state index contributed by atoms with van der Waals surface area (Å²) in [5.41, 5.74) is 2.02. The number of amides is 2. The predicted molar refractivity (Wildman–Crippen MR) is 122 cm³/mol. The number of rotatable bonds is 5. The number of benzene rings is 2. The zero-order valence-electron chi connectivity index (χ0n) is 16.0. The van der Waals surface area contributed by atoms with Crippen molar-refractivity contribution in [3.05, 3.63) is 81.6 Å². The Bertz CT molecular complexity index is 1270. The highest BCUT2D eigenvalue weighted by molar-refractivity contribution is 7.20. The zero-order valence-corrected chi connectivity index (χ0v) is 18.4. The molecule has 4 aromatic rings. The second kappa shape index (κ2) is 8.93. The van der Waals surface area contributed by atoms with Gasteiger partial charge in [0, 0.05) is 10.9 Å². The van der Waals surface area contributed by atoms with Gasteiger partial charge in [-0.25, -0.2) is 14.4 Å². The molecule has 2 aromatic heterocycles. The molecule has 2 heterocycles. The number of nitrogens with zero attached hydrogens (tertiary/aromatic N) is 2. The second-order valence-electron chi connectivity index (χ2n) is 6.37. The Balaban J connectivity index is 1.48. The first-order chi connectivity index (χ1) is 14.9. The SMILES string of the molecule is Cc1nc(NC(=O)c2ccccc2Cl)sc1-c1csc(NC(=O)c2ccc(F)cc2)n1. The summed E-state index contributed by atoms with van der Waals surface area (Å²) < 4.78 is 13.0. The molecule has 0 radical (unpaired) electrons. The summed E-state index contributed by atoms with van der Waals surface area (Å²) in [6.45, 7) is 1.81. The standard InChI is InChI=1S/C21H14ClFN4O2S2/c1-11-17(31-21(24-11)27-19(29)14-4-2-3-5-15(14)22)16-10-30-20(25-16)26-18(28)12-6-8-13(23)9-7-12/h2-10H,1H3,(H,24,27,29)(H,25,26,28). The minimum Gasteiger partial charge on any atom is -0.298 e. The second-order valence-corrected chi connectivity index (χ2v) is 8.63. The normalized spacial score (nSPS) is 10.7. The fourth-order valence-corrected chi connectivity index (χ4v) is 4.62. The molecule has 156 valence electrons. The lowest BCUT2D eigenvalue weighted by Crippen LogP contribution is -2.12. The number of halogens is 2. The third kappa shape index (κ3) is 4.79. The molecule has 2 amide bonds. The highest BCUT2D eigenvalue weighted by atomic mass is 35.5. The quantitative estimate of drug-likeness (QED) is 0.380. The van der Waals surface area contributed by atoms with Crippen molar-refractivity contribution in [1.82, 2.24) is 9.97 Å². The monoisotopic (exact) mass is 472 g/mol. The van der Waals surface area contributed by atoms with E-state index in [1.165, 1.54) is 46.9 Å². The van der Waals surface area contributed by atoms with Gasteiger partial charge in [0.1, 0.15) is 5.82 Å². The van der Waals surface area contributed by atoms with E-state index in [0.717, 1.165) is 4.88 Å². The molecule has 31 heavy (non-hydrogen) atoms. The van der Waals surface area contributed by atoms with Gasteiger partial charge < -0.3 is 0 Å². The van der Waals surface area contributed by atoms with Crippen LogP contribution in [0.3, 0.4) is 0 Å². The van der Waals surface area contributed by atoms with E-state index in [2.05, 4.69) is 20.6 Å². The average molecular weight is 473 g/mol. The molecule has 6 nitrogen and oxygen atoms in total. The summed E-state index contributed by atoms with van der Waals surface area (Å²) in [5.74, 6) is -1.14. The molecule has 0 unspecified atom stereocenters. The number of thiazole rings is 2. The topological polar surface area (TPSA) is 84.0 Å². The van der Waals surface area contributed by atoms with Crippen molar-refractivity contribution in [2.75, 3.05) is 10.6 Å². The lowest BCUT2D eigenvalue weighted by Gasteiger charge is -2.03. The molecule has 0 aliphatic carbocycles. The Morgan fingerprint density at radius 3 is 2.42 bits per heavy atom. The van der Waals surface area contributed by atoms with Crippen molar-refractivity contribution in [2.45, 2.75) is 6.92 Å². The molecule has 0 bridgehead atoms. The van der Waals surface area contributed by atoms with Crippen LogP contribution >= 0.6 is 34.3 Å². The number of nitrogens with one attached hydrogen (secondary N) is 2. The van der Waals surface area contributed by atoms with Gasteiger partial charge in [0.25, 0.3) is 11.8 Å². The third-order valence-corrected chi connectivity index (χ3v) is 6.38. The summed E-state index contributed by atoms with van der Waals surface area (Å²) in [4.78, 5) is 34.4. The fourth-order valence-electron chi connectivity index (χ4n) is 2.70. The van der Waals surface area contributed by atoms with Crippen LogP contribution in [-0.2, 0) is 0 Å². The minimum absolute atomic E-state index is 0.330. The number of hydrogen-bond acceptors (Lipinski definition) is 6. The van der Waals surface area contributed by atoms with Crippen LogP contribution in [-0.4, -0.2) is 21.8 Å². The van der Waals surface area contributed by atoms with Crippen molar-refractivity contribution < 1.29 is 14.0 Å². The van der Waals surface area contributed by atoms with Crippen LogP contribution in [0.5, 0.6) is 0 Å².